The highest BCUT2D eigenvalue weighted by Gasteiger charge is 2.21. The lowest BCUT2D eigenvalue weighted by Crippen LogP contribution is -2.11. The van der Waals surface area contributed by atoms with Crippen LogP contribution < -0.4 is 25.7 Å². The minimum Gasteiger partial charge on any atom is -0.493 e. The van der Waals surface area contributed by atoms with Crippen molar-refractivity contribution in [3.8, 4) is 17.2 Å². The second-order valence-electron chi connectivity index (χ2n) is 4.35. The zero-order valence-corrected chi connectivity index (χ0v) is 10.6. The molecule has 1 aliphatic rings. The molecule has 1 aromatic carbocycles. The van der Waals surface area contributed by atoms with E-state index in [9.17, 15) is 0 Å². The summed E-state index contributed by atoms with van der Waals surface area (Å²) in [6, 6.07) is 3.82. The molecule has 18 heavy (non-hydrogen) atoms. The molecular formula is C13H20N2O3. The van der Waals surface area contributed by atoms with E-state index < -0.39 is 0 Å². The van der Waals surface area contributed by atoms with Crippen molar-refractivity contribution in [2.75, 3.05) is 20.4 Å². The maximum atomic E-state index is 6.16. The molecule has 0 unspecified atom stereocenters. The molecule has 4 N–H and O–H groups in total. The highest BCUT2D eigenvalue weighted by molar-refractivity contribution is 5.55. The van der Waals surface area contributed by atoms with Gasteiger partial charge in [0.2, 0.25) is 12.5 Å². The number of hydrogen-bond donors (Lipinski definition) is 2. The first kappa shape index (κ1) is 13.0. The molecule has 0 fully saturated rings. The number of methoxy groups -OCH3 is 1. The zero-order valence-electron chi connectivity index (χ0n) is 10.6. The van der Waals surface area contributed by atoms with E-state index in [1.807, 2.05) is 12.1 Å². The Morgan fingerprint density at radius 1 is 1.33 bits per heavy atom. The summed E-state index contributed by atoms with van der Waals surface area (Å²) in [5.41, 5.74) is 12.6. The Kier molecular flexibility index (Phi) is 4.28. The van der Waals surface area contributed by atoms with Gasteiger partial charge in [-0.25, -0.2) is 0 Å². The number of nitrogens with two attached hydrogens (primary N) is 2. The average Bonchev–Trinajstić information content (AvgIpc) is 2.85. The Balaban J connectivity index is 2.13. The van der Waals surface area contributed by atoms with Gasteiger partial charge in [0.05, 0.1) is 7.11 Å². The van der Waals surface area contributed by atoms with Crippen LogP contribution in [0.2, 0.25) is 0 Å². The highest BCUT2D eigenvalue weighted by Crippen LogP contribution is 2.43. The molecule has 0 saturated heterocycles. The van der Waals surface area contributed by atoms with Crippen LogP contribution in [0.1, 0.15) is 30.9 Å². The van der Waals surface area contributed by atoms with E-state index in [1.165, 1.54) is 0 Å². The number of hydrogen-bond acceptors (Lipinski definition) is 5. The SMILES string of the molecule is COc1cc([C@@H](N)CCCCN)cc2c1OCO2. The number of unbranched alkanes of at least 4 members (excludes halogenated alkanes) is 1. The summed E-state index contributed by atoms with van der Waals surface area (Å²) in [7, 11) is 1.61. The Morgan fingerprint density at radius 3 is 2.89 bits per heavy atom. The van der Waals surface area contributed by atoms with Gasteiger partial charge in [-0.2, -0.15) is 0 Å². The molecule has 0 bridgehead atoms. The minimum atomic E-state index is -0.0278. The Bertz CT molecular complexity index is 409. The Hall–Kier alpha value is -1.46. The molecule has 0 saturated carbocycles. The smallest absolute Gasteiger partial charge is 0.231 e. The van der Waals surface area contributed by atoms with E-state index in [0.717, 1.165) is 24.8 Å². The number of fused-ring (bicyclic) bond motifs is 1. The molecule has 1 heterocycles. The number of rotatable bonds is 6. The van der Waals surface area contributed by atoms with E-state index in [2.05, 4.69) is 0 Å². The topological polar surface area (TPSA) is 79.7 Å². The fourth-order valence-corrected chi connectivity index (χ4v) is 2.04. The van der Waals surface area contributed by atoms with E-state index in [4.69, 9.17) is 25.7 Å². The summed E-state index contributed by atoms with van der Waals surface area (Å²) in [6.07, 6.45) is 2.92. The van der Waals surface area contributed by atoms with Crippen LogP contribution in [-0.4, -0.2) is 20.4 Å². The standard InChI is InChI=1S/C13H20N2O3/c1-16-11-6-9(10(15)4-2-3-5-14)7-12-13(11)18-8-17-12/h6-7,10H,2-5,8,14-15H2,1H3/t10-/m0/s1. The third kappa shape index (κ3) is 2.68. The average molecular weight is 252 g/mol. The summed E-state index contributed by atoms with van der Waals surface area (Å²) < 4.78 is 16.0. The van der Waals surface area contributed by atoms with Crippen LogP contribution in [0.25, 0.3) is 0 Å². The third-order valence-electron chi connectivity index (χ3n) is 3.08. The van der Waals surface area contributed by atoms with E-state index in [0.29, 0.717) is 23.8 Å². The van der Waals surface area contributed by atoms with Crippen molar-refractivity contribution in [3.05, 3.63) is 17.7 Å². The lowest BCUT2D eigenvalue weighted by molar-refractivity contribution is 0.171. The molecule has 100 valence electrons. The molecule has 1 aliphatic heterocycles. The van der Waals surface area contributed by atoms with Crippen LogP contribution in [-0.2, 0) is 0 Å². The van der Waals surface area contributed by atoms with Gasteiger partial charge in [0.25, 0.3) is 0 Å². The minimum absolute atomic E-state index is 0.0278. The number of benzene rings is 1. The van der Waals surface area contributed by atoms with Crippen molar-refractivity contribution in [2.45, 2.75) is 25.3 Å². The molecule has 1 aromatic rings. The van der Waals surface area contributed by atoms with Crippen molar-refractivity contribution < 1.29 is 14.2 Å². The second kappa shape index (κ2) is 5.93. The molecule has 0 aliphatic carbocycles. The van der Waals surface area contributed by atoms with Crippen molar-refractivity contribution in [1.82, 2.24) is 0 Å². The van der Waals surface area contributed by atoms with Gasteiger partial charge >= 0.3 is 0 Å². The molecule has 2 rings (SSSR count). The van der Waals surface area contributed by atoms with Crippen molar-refractivity contribution in [1.29, 1.82) is 0 Å². The lowest BCUT2D eigenvalue weighted by atomic mass is 10.0. The van der Waals surface area contributed by atoms with Crippen LogP contribution in [0.3, 0.4) is 0 Å². The molecule has 5 heteroatoms. The van der Waals surface area contributed by atoms with E-state index in [-0.39, 0.29) is 12.8 Å². The first-order chi connectivity index (χ1) is 8.76. The lowest BCUT2D eigenvalue weighted by Gasteiger charge is -2.14. The Labute approximate surface area is 107 Å². The number of ether oxygens (including phenoxy) is 3. The third-order valence-corrected chi connectivity index (χ3v) is 3.08. The highest BCUT2D eigenvalue weighted by atomic mass is 16.7. The fourth-order valence-electron chi connectivity index (χ4n) is 2.04. The van der Waals surface area contributed by atoms with Crippen LogP contribution in [0, 0.1) is 0 Å². The first-order valence-corrected chi connectivity index (χ1v) is 6.19. The molecule has 0 spiro atoms. The summed E-state index contributed by atoms with van der Waals surface area (Å²) in [5, 5.41) is 0. The van der Waals surface area contributed by atoms with Crippen LogP contribution in [0.5, 0.6) is 17.2 Å². The van der Waals surface area contributed by atoms with Gasteiger partial charge in [0.1, 0.15) is 0 Å². The molecule has 0 aromatic heterocycles. The predicted octanol–water partition coefficient (Wildman–Crippen LogP) is 1.55. The maximum Gasteiger partial charge on any atom is 0.231 e. The molecule has 1 atom stereocenters. The summed E-state index contributed by atoms with van der Waals surface area (Å²) >= 11 is 0. The summed E-state index contributed by atoms with van der Waals surface area (Å²) in [4.78, 5) is 0. The quantitative estimate of drug-likeness (QED) is 0.751. The van der Waals surface area contributed by atoms with E-state index >= 15 is 0 Å². The van der Waals surface area contributed by atoms with Crippen LogP contribution in [0.15, 0.2) is 12.1 Å². The van der Waals surface area contributed by atoms with Crippen LogP contribution in [0.4, 0.5) is 0 Å². The Morgan fingerprint density at radius 2 is 2.17 bits per heavy atom. The van der Waals surface area contributed by atoms with Crippen molar-refractivity contribution in [3.63, 3.8) is 0 Å². The van der Waals surface area contributed by atoms with Gasteiger partial charge in [-0.15, -0.1) is 0 Å². The molecule has 0 amide bonds. The normalized spacial score (nSPS) is 14.6. The summed E-state index contributed by atoms with van der Waals surface area (Å²) in [6.45, 7) is 0.939. The predicted molar refractivity (Wildman–Crippen MR) is 69.0 cm³/mol. The monoisotopic (exact) mass is 252 g/mol. The van der Waals surface area contributed by atoms with Gasteiger partial charge < -0.3 is 25.7 Å². The first-order valence-electron chi connectivity index (χ1n) is 6.19. The van der Waals surface area contributed by atoms with Gasteiger partial charge in [0, 0.05) is 6.04 Å². The molecular weight excluding hydrogens is 232 g/mol. The van der Waals surface area contributed by atoms with Gasteiger partial charge in [-0.1, -0.05) is 6.42 Å². The van der Waals surface area contributed by atoms with Crippen LogP contribution >= 0.6 is 0 Å². The van der Waals surface area contributed by atoms with Gasteiger partial charge in [-0.3, -0.25) is 0 Å². The molecule has 0 radical (unpaired) electrons. The van der Waals surface area contributed by atoms with Crippen molar-refractivity contribution in [2.24, 2.45) is 11.5 Å². The van der Waals surface area contributed by atoms with Crippen molar-refractivity contribution >= 4 is 0 Å². The van der Waals surface area contributed by atoms with Gasteiger partial charge in [-0.05, 0) is 37.1 Å². The molecule has 5 nitrogen and oxygen atoms in total. The summed E-state index contributed by atoms with van der Waals surface area (Å²) in [5.74, 6) is 2.04. The second-order valence-corrected chi connectivity index (χ2v) is 4.35. The van der Waals surface area contributed by atoms with Gasteiger partial charge in [0.15, 0.2) is 11.5 Å². The largest absolute Gasteiger partial charge is 0.493 e. The fraction of sp³-hybridized carbons (Fsp3) is 0.538. The van der Waals surface area contributed by atoms with E-state index in [1.54, 1.807) is 7.11 Å². The zero-order chi connectivity index (χ0) is 13.0. The maximum absolute atomic E-state index is 6.16.